The molecule has 0 bridgehead atoms. The minimum absolute atomic E-state index is 0.0804. The number of nitro groups is 1. The molecule has 1 N–H and O–H groups in total. The molecule has 1 aromatic carbocycles. The van der Waals surface area contributed by atoms with Crippen LogP contribution in [0.2, 0.25) is 0 Å². The van der Waals surface area contributed by atoms with Gasteiger partial charge < -0.3 is 5.32 Å². The van der Waals surface area contributed by atoms with Crippen molar-refractivity contribution in [1.29, 1.82) is 0 Å². The summed E-state index contributed by atoms with van der Waals surface area (Å²) in [4.78, 5) is 14.4. The van der Waals surface area contributed by atoms with E-state index in [1.165, 1.54) is 12.1 Å². The monoisotopic (exact) mass is 261 g/mol. The second kappa shape index (κ2) is 5.50. The largest absolute Gasteiger partial charge is 0.353 e. The van der Waals surface area contributed by atoms with Crippen molar-refractivity contribution >= 4 is 28.8 Å². The molecule has 0 aliphatic carbocycles. The molecule has 5 nitrogen and oxygen atoms in total. The number of nitrogens with zero attached hydrogens (tertiary/aromatic N) is 2. The number of aromatic nitrogens is 1. The third kappa shape index (κ3) is 2.78. The molecule has 1 aromatic heterocycles. The second-order valence-corrected chi connectivity index (χ2v) is 4.28. The lowest BCUT2D eigenvalue weighted by atomic mass is 10.2. The molecule has 0 radical (unpaired) electrons. The maximum atomic E-state index is 10.5. The Balaban J connectivity index is 2.21. The highest BCUT2D eigenvalue weighted by Crippen LogP contribution is 2.26. The summed E-state index contributed by atoms with van der Waals surface area (Å²) in [5.74, 6) is 0. The molecule has 0 unspecified atom stereocenters. The molecule has 18 heavy (non-hydrogen) atoms. The van der Waals surface area contributed by atoms with Gasteiger partial charge in [0.25, 0.3) is 5.69 Å². The van der Waals surface area contributed by atoms with Crippen LogP contribution >= 0.6 is 11.8 Å². The average molecular weight is 261 g/mol. The van der Waals surface area contributed by atoms with E-state index in [0.29, 0.717) is 0 Å². The van der Waals surface area contributed by atoms with Gasteiger partial charge in [0.2, 0.25) is 0 Å². The number of nitro benzene ring substituents is 1. The molecule has 2 rings (SSSR count). The van der Waals surface area contributed by atoms with Crippen molar-refractivity contribution in [2.45, 2.75) is 5.03 Å². The van der Waals surface area contributed by atoms with Crippen LogP contribution in [0.25, 0.3) is 0 Å². The van der Waals surface area contributed by atoms with Crippen LogP contribution in [0, 0.1) is 10.1 Å². The molecular formula is C12H11N3O2S. The number of anilines is 2. The Kier molecular flexibility index (Phi) is 3.78. The van der Waals surface area contributed by atoms with Crippen molar-refractivity contribution in [1.82, 2.24) is 4.98 Å². The predicted molar refractivity (Wildman–Crippen MR) is 72.4 cm³/mol. The standard InChI is InChI=1S/C12H11N3O2S/c1-18-12-11(3-2-8-13-12)14-9-4-6-10(7-5-9)15(16)17/h2-8,14H,1H3. The maximum Gasteiger partial charge on any atom is 0.269 e. The fourth-order valence-electron chi connectivity index (χ4n) is 1.47. The molecule has 92 valence electrons. The van der Waals surface area contributed by atoms with E-state index in [-0.39, 0.29) is 5.69 Å². The first-order chi connectivity index (χ1) is 8.70. The molecule has 2 aromatic rings. The van der Waals surface area contributed by atoms with Crippen molar-refractivity contribution < 1.29 is 4.92 Å². The predicted octanol–water partition coefficient (Wildman–Crippen LogP) is 3.46. The zero-order valence-electron chi connectivity index (χ0n) is 9.66. The van der Waals surface area contributed by atoms with Gasteiger partial charge in [-0.05, 0) is 30.5 Å². The Morgan fingerprint density at radius 1 is 1.28 bits per heavy atom. The van der Waals surface area contributed by atoms with E-state index in [9.17, 15) is 10.1 Å². The van der Waals surface area contributed by atoms with Gasteiger partial charge in [-0.25, -0.2) is 4.98 Å². The topological polar surface area (TPSA) is 68.1 Å². The van der Waals surface area contributed by atoms with Gasteiger partial charge in [0.05, 0.1) is 10.6 Å². The van der Waals surface area contributed by atoms with Gasteiger partial charge in [-0.1, -0.05) is 0 Å². The Hall–Kier alpha value is -2.08. The van der Waals surface area contributed by atoms with Gasteiger partial charge in [0, 0.05) is 24.0 Å². The summed E-state index contributed by atoms with van der Waals surface area (Å²) >= 11 is 1.54. The molecule has 0 amide bonds. The van der Waals surface area contributed by atoms with Gasteiger partial charge in [-0.15, -0.1) is 11.8 Å². The fraction of sp³-hybridized carbons (Fsp3) is 0.0833. The summed E-state index contributed by atoms with van der Waals surface area (Å²) < 4.78 is 0. The van der Waals surface area contributed by atoms with Crippen molar-refractivity contribution in [3.05, 3.63) is 52.7 Å². The van der Waals surface area contributed by atoms with Crippen LogP contribution in [0.4, 0.5) is 17.1 Å². The van der Waals surface area contributed by atoms with E-state index in [2.05, 4.69) is 10.3 Å². The van der Waals surface area contributed by atoms with Gasteiger partial charge >= 0.3 is 0 Å². The highest BCUT2D eigenvalue weighted by Gasteiger charge is 2.05. The van der Waals surface area contributed by atoms with E-state index in [0.717, 1.165) is 16.4 Å². The number of rotatable bonds is 4. The highest BCUT2D eigenvalue weighted by molar-refractivity contribution is 7.98. The number of hydrogen-bond acceptors (Lipinski definition) is 5. The number of hydrogen-bond donors (Lipinski definition) is 1. The van der Waals surface area contributed by atoms with E-state index in [1.807, 2.05) is 18.4 Å². The number of non-ortho nitro benzene ring substituents is 1. The van der Waals surface area contributed by atoms with Crippen molar-refractivity contribution in [3.63, 3.8) is 0 Å². The molecule has 0 aliphatic heterocycles. The first-order valence-electron chi connectivity index (χ1n) is 5.21. The van der Waals surface area contributed by atoms with Crippen LogP contribution in [0.5, 0.6) is 0 Å². The Morgan fingerprint density at radius 3 is 2.61 bits per heavy atom. The van der Waals surface area contributed by atoms with Crippen LogP contribution in [0.3, 0.4) is 0 Å². The second-order valence-electron chi connectivity index (χ2n) is 3.49. The van der Waals surface area contributed by atoms with Crippen molar-refractivity contribution in [2.24, 2.45) is 0 Å². The zero-order valence-corrected chi connectivity index (χ0v) is 10.5. The molecular weight excluding hydrogens is 250 g/mol. The Labute approximate surface area is 108 Å². The summed E-state index contributed by atoms with van der Waals surface area (Å²) in [5.41, 5.74) is 1.76. The van der Waals surface area contributed by atoms with Gasteiger partial charge in [-0.2, -0.15) is 0 Å². The normalized spacial score (nSPS) is 10.1. The third-order valence-corrected chi connectivity index (χ3v) is 3.03. The molecule has 6 heteroatoms. The minimum atomic E-state index is -0.415. The summed E-state index contributed by atoms with van der Waals surface area (Å²) in [6, 6.07) is 10.0. The molecule has 0 aliphatic rings. The maximum absolute atomic E-state index is 10.5. The van der Waals surface area contributed by atoms with Gasteiger partial charge in [0.15, 0.2) is 0 Å². The first-order valence-corrected chi connectivity index (χ1v) is 6.43. The first kappa shape index (κ1) is 12.4. The SMILES string of the molecule is CSc1ncccc1Nc1ccc([N+](=O)[O-])cc1. The summed E-state index contributed by atoms with van der Waals surface area (Å²) in [6.45, 7) is 0. The zero-order chi connectivity index (χ0) is 13.0. The number of thioether (sulfide) groups is 1. The van der Waals surface area contributed by atoms with Crippen LogP contribution in [-0.4, -0.2) is 16.2 Å². The summed E-state index contributed by atoms with van der Waals surface area (Å²) in [7, 11) is 0. The number of pyridine rings is 1. The van der Waals surface area contributed by atoms with Crippen LogP contribution in [0.1, 0.15) is 0 Å². The highest BCUT2D eigenvalue weighted by atomic mass is 32.2. The summed E-state index contributed by atoms with van der Waals surface area (Å²) in [6.07, 6.45) is 3.68. The van der Waals surface area contributed by atoms with Gasteiger partial charge in [-0.3, -0.25) is 10.1 Å². The third-order valence-electron chi connectivity index (χ3n) is 2.32. The van der Waals surface area contributed by atoms with Crippen LogP contribution < -0.4 is 5.32 Å². The summed E-state index contributed by atoms with van der Waals surface area (Å²) in [5, 5.41) is 14.6. The lowest BCUT2D eigenvalue weighted by molar-refractivity contribution is -0.384. The molecule has 0 saturated heterocycles. The fourth-order valence-corrected chi connectivity index (χ4v) is 1.98. The lowest BCUT2D eigenvalue weighted by Gasteiger charge is -2.08. The number of benzene rings is 1. The quantitative estimate of drug-likeness (QED) is 0.518. The number of nitrogens with one attached hydrogen (secondary N) is 1. The van der Waals surface area contributed by atoms with E-state index in [1.54, 1.807) is 30.1 Å². The molecule has 0 atom stereocenters. The van der Waals surface area contributed by atoms with E-state index < -0.39 is 4.92 Å². The molecule has 0 spiro atoms. The molecule has 1 heterocycles. The lowest BCUT2D eigenvalue weighted by Crippen LogP contribution is -1.94. The molecule has 0 saturated carbocycles. The minimum Gasteiger partial charge on any atom is -0.353 e. The Morgan fingerprint density at radius 2 is 2.00 bits per heavy atom. The van der Waals surface area contributed by atoms with Crippen molar-refractivity contribution in [2.75, 3.05) is 11.6 Å². The van der Waals surface area contributed by atoms with Crippen LogP contribution in [-0.2, 0) is 0 Å². The van der Waals surface area contributed by atoms with Gasteiger partial charge in [0.1, 0.15) is 5.03 Å². The average Bonchev–Trinajstić information content (AvgIpc) is 2.40. The van der Waals surface area contributed by atoms with E-state index in [4.69, 9.17) is 0 Å². The molecule has 0 fully saturated rings. The Bertz CT molecular complexity index is 558. The van der Waals surface area contributed by atoms with Crippen LogP contribution in [0.15, 0.2) is 47.6 Å². The smallest absolute Gasteiger partial charge is 0.269 e. The van der Waals surface area contributed by atoms with E-state index >= 15 is 0 Å². The van der Waals surface area contributed by atoms with Crippen molar-refractivity contribution in [3.8, 4) is 0 Å².